The first-order valence-electron chi connectivity index (χ1n) is 9.33. The molecule has 0 radical (unpaired) electrons. The second-order valence-corrected chi connectivity index (χ2v) is 7.97. The first-order valence-corrected chi connectivity index (χ1v) is 9.33. The molecule has 1 saturated heterocycles. The Morgan fingerprint density at radius 2 is 1.52 bits per heavy atom. The van der Waals surface area contributed by atoms with Crippen LogP contribution < -0.4 is 5.32 Å². The second kappa shape index (κ2) is 10.7. The molecule has 31 heavy (non-hydrogen) atoms. The molecule has 5 atom stereocenters. The molecule has 0 bridgehead atoms. The van der Waals surface area contributed by atoms with Gasteiger partial charge in [0.05, 0.1) is 31.8 Å². The maximum absolute atomic E-state index is 12.9. The van der Waals surface area contributed by atoms with Crippen LogP contribution in [0.4, 0.5) is 9.59 Å². The molecule has 7 N–H and O–H groups in total. The van der Waals surface area contributed by atoms with Crippen LogP contribution in [-0.2, 0) is 9.53 Å². The summed E-state index contributed by atoms with van der Waals surface area (Å²) in [6.45, 7) is 2.54. The topological polar surface area (TPSA) is 213 Å². The number of likely N-dealkylation sites (N-methyl/N-ethyl adjacent to an activating group) is 1. The summed E-state index contributed by atoms with van der Waals surface area (Å²) in [7, 11) is 1.23. The number of aliphatic hydroxyl groups is 5. The molecule has 1 rings (SSSR count). The third-order valence-corrected chi connectivity index (χ3v) is 4.41. The van der Waals surface area contributed by atoms with Crippen LogP contribution in [0.2, 0.25) is 0 Å². The lowest BCUT2D eigenvalue weighted by Gasteiger charge is -2.48. The number of carboxylic acid groups (broad SMARTS) is 1. The molecule has 1 fully saturated rings. The van der Waals surface area contributed by atoms with Crippen LogP contribution in [0.3, 0.4) is 0 Å². The summed E-state index contributed by atoms with van der Waals surface area (Å²) in [6.07, 6.45) is -7.82. The molecule has 14 heteroatoms. The number of piperidine rings is 1. The Hall–Kier alpha value is -2.52. The van der Waals surface area contributed by atoms with E-state index in [4.69, 9.17) is 9.84 Å². The lowest BCUT2D eigenvalue weighted by Crippen LogP contribution is -2.70. The molecule has 0 saturated carbocycles. The van der Waals surface area contributed by atoms with Crippen molar-refractivity contribution in [2.24, 2.45) is 4.99 Å². The van der Waals surface area contributed by atoms with Gasteiger partial charge in [-0.05, 0) is 20.8 Å². The van der Waals surface area contributed by atoms with E-state index in [0.29, 0.717) is 0 Å². The number of alkyl carbamates (subject to hydrolysis) is 1. The standard InChI is InChI=1S/C17H30N4O10/c1-17(2,3)31-16(30)19-14(18-15(28)29)20(4)5-10(24)21-8(6-22)11(25)13(27)12(26)9(21)7-23/h8-9,11-13,22-23,25-27H,5-7H2,1-4H3,(H,28,29)(H,18,19,30)/t8-,9-,11-,12+,13-/m1/s1. The Bertz CT molecular complexity index is 677. The van der Waals surface area contributed by atoms with Gasteiger partial charge < -0.3 is 45.2 Å². The number of amides is 3. The van der Waals surface area contributed by atoms with E-state index in [2.05, 4.69) is 10.3 Å². The maximum Gasteiger partial charge on any atom is 0.434 e. The molecule has 0 spiro atoms. The molecule has 0 aliphatic carbocycles. The molecule has 14 nitrogen and oxygen atoms in total. The van der Waals surface area contributed by atoms with E-state index in [1.165, 1.54) is 7.05 Å². The molecule has 0 aromatic heterocycles. The fraction of sp³-hybridized carbons (Fsp3) is 0.765. The number of guanidine groups is 1. The van der Waals surface area contributed by atoms with Crippen LogP contribution >= 0.6 is 0 Å². The highest BCUT2D eigenvalue weighted by Gasteiger charge is 2.49. The maximum atomic E-state index is 12.9. The van der Waals surface area contributed by atoms with E-state index in [1.807, 2.05) is 0 Å². The van der Waals surface area contributed by atoms with Crippen molar-refractivity contribution in [2.45, 2.75) is 56.8 Å². The van der Waals surface area contributed by atoms with E-state index >= 15 is 0 Å². The summed E-state index contributed by atoms with van der Waals surface area (Å²) >= 11 is 0. The fourth-order valence-electron chi connectivity index (χ4n) is 3.05. The molecule has 0 unspecified atom stereocenters. The summed E-state index contributed by atoms with van der Waals surface area (Å²) in [5.74, 6) is -1.41. The lowest BCUT2D eigenvalue weighted by molar-refractivity contribution is -0.187. The largest absolute Gasteiger partial charge is 0.463 e. The van der Waals surface area contributed by atoms with Gasteiger partial charge >= 0.3 is 12.2 Å². The molecule has 1 aliphatic heterocycles. The average molecular weight is 450 g/mol. The molecule has 1 aliphatic rings. The highest BCUT2D eigenvalue weighted by molar-refractivity contribution is 5.99. The third kappa shape index (κ3) is 7.00. The smallest absolute Gasteiger partial charge is 0.434 e. The SMILES string of the molecule is CN(CC(=O)N1[C@H](CO)[C@H](O)[C@H](O)[C@H](O)[C@H]1CO)C(=NC(=O)O)NC(=O)OC(C)(C)C. The number of carbonyl (C=O) groups excluding carboxylic acids is 2. The van der Waals surface area contributed by atoms with Gasteiger partial charge in [0.25, 0.3) is 0 Å². The van der Waals surface area contributed by atoms with E-state index in [0.717, 1.165) is 9.80 Å². The molecular formula is C17H30N4O10. The molecular weight excluding hydrogens is 420 g/mol. The van der Waals surface area contributed by atoms with Gasteiger partial charge in [-0.1, -0.05) is 0 Å². The van der Waals surface area contributed by atoms with Crippen LogP contribution in [0.25, 0.3) is 0 Å². The van der Waals surface area contributed by atoms with Crippen molar-refractivity contribution in [1.29, 1.82) is 0 Å². The molecule has 1 heterocycles. The van der Waals surface area contributed by atoms with Gasteiger partial charge in [0.2, 0.25) is 11.9 Å². The summed E-state index contributed by atoms with van der Waals surface area (Å²) < 4.78 is 5.02. The zero-order valence-corrected chi connectivity index (χ0v) is 17.7. The number of carbonyl (C=O) groups is 3. The second-order valence-electron chi connectivity index (χ2n) is 7.97. The Morgan fingerprint density at radius 1 is 1.03 bits per heavy atom. The number of likely N-dealkylation sites (tertiary alicyclic amines) is 1. The Balaban J connectivity index is 3.08. The molecule has 3 amide bonds. The summed E-state index contributed by atoms with van der Waals surface area (Å²) in [5.41, 5.74) is -0.892. The summed E-state index contributed by atoms with van der Waals surface area (Å²) in [6, 6.07) is -2.70. The zero-order chi connectivity index (χ0) is 24.1. The minimum Gasteiger partial charge on any atom is -0.463 e. The van der Waals surface area contributed by atoms with Crippen molar-refractivity contribution >= 4 is 24.1 Å². The van der Waals surface area contributed by atoms with Crippen molar-refractivity contribution in [3.63, 3.8) is 0 Å². The number of rotatable bonds is 4. The number of aliphatic hydroxyl groups excluding tert-OH is 5. The van der Waals surface area contributed by atoms with Gasteiger partial charge in [-0.15, -0.1) is 4.99 Å². The highest BCUT2D eigenvalue weighted by Crippen LogP contribution is 2.25. The minimum atomic E-state index is -1.71. The van der Waals surface area contributed by atoms with Crippen LogP contribution in [0, 0.1) is 0 Å². The van der Waals surface area contributed by atoms with Gasteiger partial charge in [-0.3, -0.25) is 10.1 Å². The predicted molar refractivity (Wildman–Crippen MR) is 104 cm³/mol. The summed E-state index contributed by atoms with van der Waals surface area (Å²) in [5, 5.41) is 60.3. The van der Waals surface area contributed by atoms with Crippen LogP contribution in [0.15, 0.2) is 4.99 Å². The monoisotopic (exact) mass is 450 g/mol. The predicted octanol–water partition coefficient (Wildman–Crippen LogP) is -2.88. The van der Waals surface area contributed by atoms with E-state index in [9.17, 15) is 39.9 Å². The Morgan fingerprint density at radius 3 is 1.90 bits per heavy atom. The number of nitrogens with zero attached hydrogens (tertiary/aromatic N) is 3. The quantitative estimate of drug-likeness (QED) is 0.171. The average Bonchev–Trinajstić information content (AvgIpc) is 2.63. The summed E-state index contributed by atoms with van der Waals surface area (Å²) in [4.78, 5) is 40.8. The lowest BCUT2D eigenvalue weighted by atomic mass is 9.88. The third-order valence-electron chi connectivity index (χ3n) is 4.41. The van der Waals surface area contributed by atoms with Crippen molar-refractivity contribution in [3.05, 3.63) is 0 Å². The van der Waals surface area contributed by atoms with E-state index in [1.54, 1.807) is 20.8 Å². The van der Waals surface area contributed by atoms with Crippen molar-refractivity contribution in [2.75, 3.05) is 26.8 Å². The van der Waals surface area contributed by atoms with Crippen molar-refractivity contribution < 1.29 is 49.8 Å². The molecule has 0 aromatic carbocycles. The number of hydrogen-bond donors (Lipinski definition) is 7. The number of nitrogens with one attached hydrogen (secondary N) is 1. The fourth-order valence-corrected chi connectivity index (χ4v) is 3.05. The first kappa shape index (κ1) is 26.5. The van der Waals surface area contributed by atoms with Gasteiger partial charge in [-0.25, -0.2) is 9.59 Å². The zero-order valence-electron chi connectivity index (χ0n) is 17.7. The normalized spacial score (nSPS) is 26.9. The van der Waals surface area contributed by atoms with E-state index in [-0.39, 0.29) is 0 Å². The number of hydrogen-bond acceptors (Lipinski definition) is 9. The van der Waals surface area contributed by atoms with E-state index < -0.39 is 79.8 Å². The van der Waals surface area contributed by atoms with Gasteiger partial charge in [0.1, 0.15) is 23.9 Å². The number of aliphatic imine (C=N–C) groups is 1. The van der Waals surface area contributed by atoms with Crippen LogP contribution in [-0.4, -0.2) is 127 Å². The van der Waals surface area contributed by atoms with Crippen LogP contribution in [0.1, 0.15) is 20.8 Å². The van der Waals surface area contributed by atoms with Crippen molar-refractivity contribution in [1.82, 2.24) is 15.1 Å². The van der Waals surface area contributed by atoms with Crippen LogP contribution in [0.5, 0.6) is 0 Å². The van der Waals surface area contributed by atoms with Crippen molar-refractivity contribution in [3.8, 4) is 0 Å². The molecule has 178 valence electrons. The Labute approximate surface area is 178 Å². The van der Waals surface area contributed by atoms with Gasteiger partial charge in [0, 0.05) is 7.05 Å². The first-order chi connectivity index (χ1) is 14.2. The number of ether oxygens (including phenoxy) is 1. The minimum absolute atomic E-state index is 0.547. The van der Waals surface area contributed by atoms with Gasteiger partial charge in [-0.2, -0.15) is 0 Å². The highest BCUT2D eigenvalue weighted by atomic mass is 16.6. The Kier molecular flexibility index (Phi) is 9.13. The molecule has 0 aromatic rings. The van der Waals surface area contributed by atoms with Gasteiger partial charge in [0.15, 0.2) is 0 Å².